The molecule has 3 nitrogen and oxygen atoms in total. The lowest BCUT2D eigenvalue weighted by Crippen LogP contribution is -2.30. The summed E-state index contributed by atoms with van der Waals surface area (Å²) < 4.78 is 10.6. The first-order chi connectivity index (χ1) is 8.58. The molecule has 0 aliphatic carbocycles. The van der Waals surface area contributed by atoms with Crippen LogP contribution in [0.5, 0.6) is 5.75 Å². The molecule has 100 valence electrons. The van der Waals surface area contributed by atoms with E-state index in [0.717, 1.165) is 10.6 Å². The molecule has 0 N–H and O–H groups in total. The molecule has 1 atom stereocenters. The first kappa shape index (κ1) is 14.9. The van der Waals surface area contributed by atoms with Crippen LogP contribution in [0.1, 0.15) is 20.3 Å². The second kappa shape index (κ2) is 7.31. The van der Waals surface area contributed by atoms with E-state index in [4.69, 9.17) is 9.47 Å². The summed E-state index contributed by atoms with van der Waals surface area (Å²) >= 11 is 1.60. The SMILES string of the molecule is COC(=O)[C@@H](CC(C)C)Oc1ccccc1SC. The number of ether oxygens (including phenoxy) is 2. The molecule has 0 aliphatic rings. The molecule has 0 unspecified atom stereocenters. The van der Waals surface area contributed by atoms with Crippen molar-refractivity contribution in [2.75, 3.05) is 13.4 Å². The summed E-state index contributed by atoms with van der Waals surface area (Å²) in [5, 5.41) is 0. The molecule has 4 heteroatoms. The number of methoxy groups -OCH3 is 1. The molecule has 0 aliphatic heterocycles. The summed E-state index contributed by atoms with van der Waals surface area (Å²) in [6.45, 7) is 4.11. The molecule has 0 spiro atoms. The van der Waals surface area contributed by atoms with Crippen molar-refractivity contribution in [3.05, 3.63) is 24.3 Å². The van der Waals surface area contributed by atoms with Gasteiger partial charge in [0.25, 0.3) is 0 Å². The molecule has 0 heterocycles. The van der Waals surface area contributed by atoms with Crippen LogP contribution in [0.25, 0.3) is 0 Å². The molecule has 1 aromatic carbocycles. The van der Waals surface area contributed by atoms with E-state index < -0.39 is 6.10 Å². The zero-order valence-corrected chi connectivity index (χ0v) is 12.1. The van der Waals surface area contributed by atoms with Crippen molar-refractivity contribution in [2.24, 2.45) is 5.92 Å². The number of benzene rings is 1. The molecule has 0 saturated carbocycles. The zero-order valence-electron chi connectivity index (χ0n) is 11.3. The van der Waals surface area contributed by atoms with Gasteiger partial charge >= 0.3 is 5.97 Å². The highest BCUT2D eigenvalue weighted by atomic mass is 32.2. The molecule has 0 aromatic heterocycles. The Balaban J connectivity index is 2.85. The van der Waals surface area contributed by atoms with Gasteiger partial charge in [-0.05, 0) is 30.7 Å². The smallest absolute Gasteiger partial charge is 0.347 e. The first-order valence-electron chi connectivity index (χ1n) is 5.96. The summed E-state index contributed by atoms with van der Waals surface area (Å²) in [4.78, 5) is 12.7. The highest BCUT2D eigenvalue weighted by molar-refractivity contribution is 7.98. The minimum absolute atomic E-state index is 0.320. The number of hydrogen-bond donors (Lipinski definition) is 0. The number of carbonyl (C=O) groups excluding carboxylic acids is 1. The highest BCUT2D eigenvalue weighted by Gasteiger charge is 2.23. The summed E-state index contributed by atoms with van der Waals surface area (Å²) in [6.07, 6.45) is 2.09. The molecule has 0 radical (unpaired) electrons. The Labute approximate surface area is 113 Å². The number of rotatable bonds is 6. The van der Waals surface area contributed by atoms with Gasteiger partial charge < -0.3 is 9.47 Å². The van der Waals surface area contributed by atoms with E-state index in [1.165, 1.54) is 7.11 Å². The maximum Gasteiger partial charge on any atom is 0.347 e. The minimum Gasteiger partial charge on any atom is -0.478 e. The number of hydrogen-bond acceptors (Lipinski definition) is 4. The minimum atomic E-state index is -0.539. The summed E-state index contributed by atoms with van der Waals surface area (Å²) in [5.41, 5.74) is 0. The Hall–Kier alpha value is -1.16. The van der Waals surface area contributed by atoms with Gasteiger partial charge in [-0.25, -0.2) is 4.79 Å². The Morgan fingerprint density at radius 3 is 2.56 bits per heavy atom. The Bertz CT molecular complexity index is 390. The van der Waals surface area contributed by atoms with E-state index in [2.05, 4.69) is 13.8 Å². The third-order valence-electron chi connectivity index (χ3n) is 2.49. The summed E-state index contributed by atoms with van der Waals surface area (Å²) in [7, 11) is 1.39. The number of esters is 1. The van der Waals surface area contributed by atoms with E-state index in [1.807, 2.05) is 30.5 Å². The molecular formula is C14H20O3S. The monoisotopic (exact) mass is 268 g/mol. The predicted octanol–water partition coefficient (Wildman–Crippen LogP) is 3.38. The van der Waals surface area contributed by atoms with Gasteiger partial charge in [-0.15, -0.1) is 11.8 Å². The van der Waals surface area contributed by atoms with Crippen LogP contribution in [0.2, 0.25) is 0 Å². The van der Waals surface area contributed by atoms with Gasteiger partial charge in [0.2, 0.25) is 0 Å². The van der Waals surface area contributed by atoms with E-state index >= 15 is 0 Å². The van der Waals surface area contributed by atoms with Crippen molar-refractivity contribution >= 4 is 17.7 Å². The lowest BCUT2D eigenvalue weighted by Gasteiger charge is -2.20. The van der Waals surface area contributed by atoms with Crippen LogP contribution in [-0.2, 0) is 9.53 Å². The Morgan fingerprint density at radius 1 is 1.33 bits per heavy atom. The number of para-hydroxylation sites is 1. The second-order valence-corrected chi connectivity index (χ2v) is 5.26. The molecule has 18 heavy (non-hydrogen) atoms. The second-order valence-electron chi connectivity index (χ2n) is 4.41. The van der Waals surface area contributed by atoms with Crippen LogP contribution in [0, 0.1) is 5.92 Å². The molecule has 1 aromatic rings. The van der Waals surface area contributed by atoms with Crippen LogP contribution in [-0.4, -0.2) is 25.4 Å². The van der Waals surface area contributed by atoms with Gasteiger partial charge in [0.15, 0.2) is 6.10 Å². The summed E-state index contributed by atoms with van der Waals surface area (Å²) in [6, 6.07) is 7.71. The van der Waals surface area contributed by atoms with Gasteiger partial charge in [-0.2, -0.15) is 0 Å². The van der Waals surface area contributed by atoms with Crippen LogP contribution < -0.4 is 4.74 Å². The summed E-state index contributed by atoms with van der Waals surface area (Å²) in [5.74, 6) is 0.788. The van der Waals surface area contributed by atoms with Crippen LogP contribution in [0.15, 0.2) is 29.2 Å². The van der Waals surface area contributed by atoms with E-state index in [0.29, 0.717) is 12.3 Å². The molecule has 0 saturated heterocycles. The molecule has 0 bridgehead atoms. The van der Waals surface area contributed by atoms with Crippen LogP contribution >= 0.6 is 11.8 Å². The van der Waals surface area contributed by atoms with Crippen LogP contribution in [0.4, 0.5) is 0 Å². The number of carbonyl (C=O) groups is 1. The average molecular weight is 268 g/mol. The van der Waals surface area contributed by atoms with Crippen molar-refractivity contribution in [1.29, 1.82) is 0 Å². The lowest BCUT2D eigenvalue weighted by atomic mass is 10.1. The fourth-order valence-electron chi connectivity index (χ4n) is 1.62. The Morgan fingerprint density at radius 2 is 2.00 bits per heavy atom. The Kier molecular flexibility index (Phi) is 6.05. The first-order valence-corrected chi connectivity index (χ1v) is 7.18. The quantitative estimate of drug-likeness (QED) is 0.585. The largest absolute Gasteiger partial charge is 0.478 e. The molecule has 0 fully saturated rings. The van der Waals surface area contributed by atoms with Crippen molar-refractivity contribution in [1.82, 2.24) is 0 Å². The average Bonchev–Trinajstić information content (AvgIpc) is 2.37. The van der Waals surface area contributed by atoms with Gasteiger partial charge in [0.05, 0.1) is 7.11 Å². The maximum atomic E-state index is 11.7. The van der Waals surface area contributed by atoms with Gasteiger partial charge in [-0.3, -0.25) is 0 Å². The standard InChI is InChI=1S/C14H20O3S/c1-10(2)9-12(14(15)16-3)17-11-7-5-6-8-13(11)18-4/h5-8,10,12H,9H2,1-4H3/t12-/m1/s1. The normalized spacial score (nSPS) is 12.3. The topological polar surface area (TPSA) is 35.5 Å². The third-order valence-corrected chi connectivity index (χ3v) is 3.26. The van der Waals surface area contributed by atoms with Crippen molar-refractivity contribution in [2.45, 2.75) is 31.3 Å². The number of thioether (sulfide) groups is 1. The zero-order chi connectivity index (χ0) is 13.5. The molecular weight excluding hydrogens is 248 g/mol. The van der Waals surface area contributed by atoms with Gasteiger partial charge in [0.1, 0.15) is 5.75 Å². The fourth-order valence-corrected chi connectivity index (χ4v) is 2.15. The molecule has 1 rings (SSSR count). The van der Waals surface area contributed by atoms with E-state index in [9.17, 15) is 4.79 Å². The molecule has 0 amide bonds. The lowest BCUT2D eigenvalue weighted by molar-refractivity contribution is -0.149. The highest BCUT2D eigenvalue weighted by Crippen LogP contribution is 2.28. The van der Waals surface area contributed by atoms with Crippen molar-refractivity contribution < 1.29 is 14.3 Å². The van der Waals surface area contributed by atoms with Crippen molar-refractivity contribution in [3.8, 4) is 5.75 Å². The van der Waals surface area contributed by atoms with Gasteiger partial charge in [0, 0.05) is 4.90 Å². The maximum absolute atomic E-state index is 11.7. The van der Waals surface area contributed by atoms with Crippen molar-refractivity contribution in [3.63, 3.8) is 0 Å². The predicted molar refractivity (Wildman–Crippen MR) is 74.1 cm³/mol. The van der Waals surface area contributed by atoms with Gasteiger partial charge in [-0.1, -0.05) is 26.0 Å². The third kappa shape index (κ3) is 4.26. The van der Waals surface area contributed by atoms with E-state index in [-0.39, 0.29) is 5.97 Å². The van der Waals surface area contributed by atoms with Crippen LogP contribution in [0.3, 0.4) is 0 Å². The van der Waals surface area contributed by atoms with E-state index in [1.54, 1.807) is 11.8 Å². The fraction of sp³-hybridized carbons (Fsp3) is 0.500.